The van der Waals surface area contributed by atoms with E-state index in [0.29, 0.717) is 6.42 Å². The highest BCUT2D eigenvalue weighted by Gasteiger charge is 2.38. The summed E-state index contributed by atoms with van der Waals surface area (Å²) in [5, 5.41) is 1.48. The number of halogens is 5. The summed E-state index contributed by atoms with van der Waals surface area (Å²) in [5.41, 5.74) is -0.326. The summed E-state index contributed by atoms with van der Waals surface area (Å²) < 4.78 is 68.0. The van der Waals surface area contributed by atoms with Gasteiger partial charge in [0.05, 0.1) is 5.69 Å². The smallest absolute Gasteiger partial charge is 0.443 e. The molecule has 3 rings (SSSR count). The predicted molar refractivity (Wildman–Crippen MR) is 89.7 cm³/mol. The first kappa shape index (κ1) is 21.1. The minimum atomic E-state index is -4.65. The molecule has 3 heterocycles. The lowest BCUT2D eigenvalue weighted by Crippen LogP contribution is -2.39. The number of aromatic nitrogens is 2. The number of carbonyl (C=O) groups is 2. The second-order valence-corrected chi connectivity index (χ2v) is 7.51. The Kier molecular flexibility index (Phi) is 5.61. The molecule has 0 aromatic carbocycles. The van der Waals surface area contributed by atoms with Gasteiger partial charge >= 0.3 is 12.6 Å². The zero-order valence-electron chi connectivity index (χ0n) is 15.1. The predicted octanol–water partition coefficient (Wildman–Crippen LogP) is 3.43. The summed E-state index contributed by atoms with van der Waals surface area (Å²) in [6, 6.07) is -0.883. The normalized spacial score (nSPS) is 19.8. The molecule has 7 nitrogen and oxygen atoms in total. The summed E-state index contributed by atoms with van der Waals surface area (Å²) in [6.45, 7) is 3.05. The van der Waals surface area contributed by atoms with Crippen LogP contribution in [0.4, 0.5) is 22.0 Å². The van der Waals surface area contributed by atoms with Crippen LogP contribution in [0.1, 0.15) is 56.5 Å². The fraction of sp³-hybridized carbons (Fsp3) is 0.500. The molecule has 2 unspecified atom stereocenters. The third-order valence-electron chi connectivity index (χ3n) is 4.34. The van der Waals surface area contributed by atoms with Crippen molar-refractivity contribution < 1.29 is 36.0 Å². The van der Waals surface area contributed by atoms with Gasteiger partial charge in [-0.15, -0.1) is 11.3 Å². The standard InChI is InChI=1S/C16H15F5N4O3S/c1-6-3-8(4-25(6)14(27)9-5-28-13(24-9)11(17)18)23-12(26)10-7(2)22-15(29-10)16(19,20)21/h5-6,8,11H,3-4H2,1-2H3,(H,23,26). The van der Waals surface area contributed by atoms with Crippen LogP contribution in [0.25, 0.3) is 0 Å². The summed E-state index contributed by atoms with van der Waals surface area (Å²) in [5.74, 6) is -2.23. The molecule has 1 fully saturated rings. The van der Waals surface area contributed by atoms with Crippen LogP contribution in [-0.4, -0.2) is 45.3 Å². The molecule has 2 amide bonds. The molecule has 158 valence electrons. The number of carbonyl (C=O) groups excluding carboxylic acids is 2. The van der Waals surface area contributed by atoms with Crippen molar-refractivity contribution in [1.82, 2.24) is 20.2 Å². The van der Waals surface area contributed by atoms with Gasteiger partial charge in [-0.05, 0) is 20.3 Å². The van der Waals surface area contributed by atoms with E-state index in [0.717, 1.165) is 6.26 Å². The average Bonchev–Trinajstić information content (AvgIpc) is 3.32. The largest absolute Gasteiger partial charge is 0.443 e. The summed E-state index contributed by atoms with van der Waals surface area (Å²) in [6.07, 6.45) is -6.43. The maximum Gasteiger partial charge on any atom is 0.443 e. The van der Waals surface area contributed by atoms with Crippen molar-refractivity contribution in [2.75, 3.05) is 6.54 Å². The molecule has 0 bridgehead atoms. The van der Waals surface area contributed by atoms with E-state index in [2.05, 4.69) is 19.7 Å². The number of nitrogens with one attached hydrogen (secondary N) is 1. The van der Waals surface area contributed by atoms with Gasteiger partial charge in [0.1, 0.15) is 11.1 Å². The van der Waals surface area contributed by atoms with E-state index in [1.54, 1.807) is 6.92 Å². The molecule has 0 aliphatic carbocycles. The molecular weight excluding hydrogens is 423 g/mol. The number of hydrogen-bond donors (Lipinski definition) is 1. The number of aryl methyl sites for hydroxylation is 1. The van der Waals surface area contributed by atoms with E-state index in [4.69, 9.17) is 0 Å². The Bertz CT molecular complexity index is 926. The lowest BCUT2D eigenvalue weighted by Gasteiger charge is -2.19. The topological polar surface area (TPSA) is 88.3 Å². The van der Waals surface area contributed by atoms with E-state index in [1.807, 2.05) is 0 Å². The summed E-state index contributed by atoms with van der Waals surface area (Å²) >= 11 is 0.246. The maximum absolute atomic E-state index is 12.8. The van der Waals surface area contributed by atoms with Gasteiger partial charge in [0.2, 0.25) is 0 Å². The van der Waals surface area contributed by atoms with Gasteiger partial charge in [-0.25, -0.2) is 9.97 Å². The van der Waals surface area contributed by atoms with Crippen molar-refractivity contribution >= 4 is 23.2 Å². The zero-order valence-corrected chi connectivity index (χ0v) is 15.9. The van der Waals surface area contributed by atoms with E-state index in [-0.39, 0.29) is 40.2 Å². The Morgan fingerprint density at radius 3 is 2.59 bits per heavy atom. The van der Waals surface area contributed by atoms with Crippen molar-refractivity contribution in [3.8, 4) is 0 Å². The molecule has 1 saturated heterocycles. The molecule has 2 atom stereocenters. The summed E-state index contributed by atoms with van der Waals surface area (Å²) in [7, 11) is 0. The van der Waals surface area contributed by atoms with Crippen LogP contribution in [0, 0.1) is 6.92 Å². The van der Waals surface area contributed by atoms with Gasteiger partial charge in [-0.1, -0.05) is 0 Å². The van der Waals surface area contributed by atoms with Crippen molar-refractivity contribution in [2.24, 2.45) is 0 Å². The van der Waals surface area contributed by atoms with Crippen LogP contribution < -0.4 is 5.32 Å². The Hall–Kier alpha value is -2.57. The molecular formula is C16H15F5N4O3S. The molecule has 2 aromatic heterocycles. The van der Waals surface area contributed by atoms with E-state index in [9.17, 15) is 31.5 Å². The van der Waals surface area contributed by atoms with E-state index < -0.39 is 41.4 Å². The Morgan fingerprint density at radius 2 is 2.03 bits per heavy atom. The number of likely N-dealkylation sites (tertiary alicyclic amines) is 1. The number of amides is 2. The Labute approximate surface area is 164 Å². The molecule has 1 aliphatic rings. The van der Waals surface area contributed by atoms with Crippen molar-refractivity contribution in [3.63, 3.8) is 0 Å². The number of thiazole rings is 1. The fourth-order valence-electron chi connectivity index (χ4n) is 3.03. The second kappa shape index (κ2) is 7.69. The maximum atomic E-state index is 12.8. The number of hydrogen-bond acceptors (Lipinski definition) is 6. The van der Waals surface area contributed by atoms with Gasteiger partial charge in [-0.3, -0.25) is 9.59 Å². The quantitative estimate of drug-likeness (QED) is 0.739. The van der Waals surface area contributed by atoms with Crippen LogP contribution in [-0.2, 0) is 6.18 Å². The number of oxazole rings is 1. The first-order chi connectivity index (χ1) is 13.5. The number of alkyl halides is 5. The number of rotatable bonds is 4. The lowest BCUT2D eigenvalue weighted by atomic mass is 10.2. The van der Waals surface area contributed by atoms with Crippen molar-refractivity contribution in [1.29, 1.82) is 0 Å². The lowest BCUT2D eigenvalue weighted by molar-refractivity contribution is -0.137. The zero-order chi connectivity index (χ0) is 21.5. The molecule has 0 radical (unpaired) electrons. The molecule has 29 heavy (non-hydrogen) atoms. The SMILES string of the molecule is Cc1nc(C(F)(F)F)sc1C(=O)NC1CC(C)N(C(=O)c2coc(C(F)F)n2)C1. The Morgan fingerprint density at radius 1 is 1.34 bits per heavy atom. The van der Waals surface area contributed by atoms with Gasteiger partial charge < -0.3 is 14.6 Å². The molecule has 0 spiro atoms. The number of nitrogens with zero attached hydrogens (tertiary/aromatic N) is 3. The molecule has 0 saturated carbocycles. The van der Waals surface area contributed by atoms with Crippen LogP contribution in [0.3, 0.4) is 0 Å². The van der Waals surface area contributed by atoms with Crippen LogP contribution >= 0.6 is 11.3 Å². The van der Waals surface area contributed by atoms with E-state index in [1.165, 1.54) is 11.8 Å². The average molecular weight is 438 g/mol. The monoisotopic (exact) mass is 438 g/mol. The van der Waals surface area contributed by atoms with Crippen LogP contribution in [0.5, 0.6) is 0 Å². The van der Waals surface area contributed by atoms with Gasteiger partial charge in [0.25, 0.3) is 17.7 Å². The molecule has 1 N–H and O–H groups in total. The molecule has 2 aromatic rings. The highest BCUT2D eigenvalue weighted by atomic mass is 32.1. The highest BCUT2D eigenvalue weighted by Crippen LogP contribution is 2.34. The minimum Gasteiger partial charge on any atom is -0.443 e. The minimum absolute atomic E-state index is 0.0408. The highest BCUT2D eigenvalue weighted by molar-refractivity contribution is 7.13. The third-order valence-corrected chi connectivity index (χ3v) is 5.54. The van der Waals surface area contributed by atoms with Gasteiger partial charge in [0, 0.05) is 18.6 Å². The first-order valence-corrected chi connectivity index (χ1v) is 9.19. The van der Waals surface area contributed by atoms with Crippen molar-refractivity contribution in [3.05, 3.63) is 33.4 Å². The van der Waals surface area contributed by atoms with Crippen LogP contribution in [0.15, 0.2) is 10.7 Å². The van der Waals surface area contributed by atoms with Gasteiger partial charge in [-0.2, -0.15) is 22.0 Å². The van der Waals surface area contributed by atoms with Crippen molar-refractivity contribution in [2.45, 2.75) is 45.0 Å². The van der Waals surface area contributed by atoms with E-state index >= 15 is 0 Å². The molecule has 13 heteroatoms. The second-order valence-electron chi connectivity index (χ2n) is 6.52. The fourth-order valence-corrected chi connectivity index (χ4v) is 3.87. The van der Waals surface area contributed by atoms with Gasteiger partial charge in [0.15, 0.2) is 10.7 Å². The Balaban J connectivity index is 1.67. The van der Waals surface area contributed by atoms with Crippen LogP contribution in [0.2, 0.25) is 0 Å². The summed E-state index contributed by atoms with van der Waals surface area (Å²) in [4.78, 5) is 32.9. The third kappa shape index (κ3) is 4.38. The first-order valence-electron chi connectivity index (χ1n) is 8.37. The molecule has 1 aliphatic heterocycles.